The summed E-state index contributed by atoms with van der Waals surface area (Å²) in [5, 5.41) is 0. The minimum absolute atomic E-state index is 0.134. The topological polar surface area (TPSA) is 44.5 Å². The summed E-state index contributed by atoms with van der Waals surface area (Å²) in [7, 11) is 0. The van der Waals surface area contributed by atoms with Crippen LogP contribution in [0.5, 0.6) is 11.5 Å². The number of benzene rings is 1. The fourth-order valence-electron chi connectivity index (χ4n) is 2.02. The van der Waals surface area contributed by atoms with Gasteiger partial charge in [0.05, 0.1) is 10.4 Å². The van der Waals surface area contributed by atoms with Gasteiger partial charge in [0.15, 0.2) is 11.5 Å². The Hall–Kier alpha value is -1.04. The van der Waals surface area contributed by atoms with Crippen LogP contribution in [0.4, 0.5) is 0 Å². The summed E-state index contributed by atoms with van der Waals surface area (Å²) in [6.45, 7) is 5.13. The van der Waals surface area contributed by atoms with Gasteiger partial charge in [-0.05, 0) is 66.0 Å². The molecule has 0 aliphatic heterocycles. The molecular formula is C16H20BrNO2S. The van der Waals surface area contributed by atoms with Crippen LogP contribution in [0.3, 0.4) is 0 Å². The maximum atomic E-state index is 5.88. The zero-order chi connectivity index (χ0) is 15.2. The van der Waals surface area contributed by atoms with Crippen LogP contribution in [-0.2, 0) is 13.0 Å². The monoisotopic (exact) mass is 369 g/mol. The molecule has 0 fully saturated rings. The van der Waals surface area contributed by atoms with E-state index in [0.29, 0.717) is 13.2 Å². The van der Waals surface area contributed by atoms with Crippen LogP contribution < -0.4 is 15.2 Å². The Morgan fingerprint density at radius 2 is 2.00 bits per heavy atom. The van der Waals surface area contributed by atoms with Gasteiger partial charge >= 0.3 is 0 Å². The van der Waals surface area contributed by atoms with Crippen LogP contribution in [-0.4, -0.2) is 12.6 Å². The van der Waals surface area contributed by atoms with Crippen molar-refractivity contribution < 1.29 is 9.47 Å². The van der Waals surface area contributed by atoms with Crippen LogP contribution in [0.2, 0.25) is 0 Å². The Bertz CT molecular complexity index is 583. The maximum Gasteiger partial charge on any atom is 0.161 e. The van der Waals surface area contributed by atoms with E-state index in [1.165, 1.54) is 10.4 Å². The predicted molar refractivity (Wildman–Crippen MR) is 91.3 cm³/mol. The second-order valence-electron chi connectivity index (χ2n) is 4.89. The summed E-state index contributed by atoms with van der Waals surface area (Å²) in [6.07, 6.45) is 0.832. The van der Waals surface area contributed by atoms with E-state index in [4.69, 9.17) is 15.2 Å². The molecule has 5 heteroatoms. The highest BCUT2D eigenvalue weighted by molar-refractivity contribution is 9.11. The van der Waals surface area contributed by atoms with Gasteiger partial charge in [-0.1, -0.05) is 6.07 Å². The first-order chi connectivity index (χ1) is 10.1. The van der Waals surface area contributed by atoms with Crippen molar-refractivity contribution in [1.29, 1.82) is 0 Å². The van der Waals surface area contributed by atoms with Gasteiger partial charge in [0.2, 0.25) is 0 Å². The molecule has 2 N–H and O–H groups in total. The van der Waals surface area contributed by atoms with Gasteiger partial charge in [-0.3, -0.25) is 0 Å². The van der Waals surface area contributed by atoms with Crippen LogP contribution in [0.1, 0.15) is 24.3 Å². The molecule has 2 rings (SSSR count). The molecule has 1 aromatic heterocycles. The molecule has 2 aromatic rings. The lowest BCUT2D eigenvalue weighted by Crippen LogP contribution is -2.17. The van der Waals surface area contributed by atoms with Gasteiger partial charge in [0.25, 0.3) is 0 Å². The fraction of sp³-hybridized carbons (Fsp3) is 0.375. The average Bonchev–Trinajstić information content (AvgIpc) is 2.83. The molecule has 3 nitrogen and oxygen atoms in total. The van der Waals surface area contributed by atoms with Crippen molar-refractivity contribution in [2.24, 2.45) is 5.73 Å². The van der Waals surface area contributed by atoms with Gasteiger partial charge in [0, 0.05) is 10.9 Å². The molecule has 21 heavy (non-hydrogen) atoms. The van der Waals surface area contributed by atoms with E-state index in [9.17, 15) is 0 Å². The molecule has 0 aliphatic rings. The molecule has 1 heterocycles. The molecule has 0 aliphatic carbocycles. The number of thiophene rings is 1. The first-order valence-electron chi connectivity index (χ1n) is 6.96. The highest BCUT2D eigenvalue weighted by Gasteiger charge is 2.09. The van der Waals surface area contributed by atoms with Crippen molar-refractivity contribution in [1.82, 2.24) is 0 Å². The molecule has 114 valence electrons. The molecule has 0 saturated heterocycles. The predicted octanol–water partition coefficient (Wildman–Crippen LogP) is 4.38. The van der Waals surface area contributed by atoms with Crippen molar-refractivity contribution >= 4 is 27.3 Å². The van der Waals surface area contributed by atoms with E-state index in [1.807, 2.05) is 38.1 Å². The van der Waals surface area contributed by atoms with Gasteiger partial charge in [-0.15, -0.1) is 11.3 Å². The van der Waals surface area contributed by atoms with Crippen molar-refractivity contribution in [3.63, 3.8) is 0 Å². The number of rotatable bonds is 7. The third-order valence-corrected chi connectivity index (χ3v) is 4.46. The zero-order valence-corrected chi connectivity index (χ0v) is 14.7. The first-order valence-corrected chi connectivity index (χ1v) is 8.57. The summed E-state index contributed by atoms with van der Waals surface area (Å²) in [6, 6.07) is 10.2. The number of nitrogens with two attached hydrogens (primary N) is 1. The Labute approximate surface area is 138 Å². The van der Waals surface area contributed by atoms with Gasteiger partial charge in [-0.25, -0.2) is 0 Å². The van der Waals surface area contributed by atoms with E-state index in [2.05, 4.69) is 22.0 Å². The van der Waals surface area contributed by atoms with Gasteiger partial charge in [0.1, 0.15) is 6.61 Å². The lowest BCUT2D eigenvalue weighted by Gasteiger charge is -2.14. The molecule has 0 saturated carbocycles. The normalized spacial score (nSPS) is 12.2. The molecule has 0 radical (unpaired) electrons. The number of hydrogen-bond acceptors (Lipinski definition) is 4. The van der Waals surface area contributed by atoms with Crippen LogP contribution in [0, 0.1) is 0 Å². The summed E-state index contributed by atoms with van der Waals surface area (Å²) in [5.74, 6) is 1.56. The minimum atomic E-state index is 0.134. The molecule has 1 aromatic carbocycles. The van der Waals surface area contributed by atoms with Crippen molar-refractivity contribution in [2.45, 2.75) is 32.9 Å². The average molecular weight is 370 g/mol. The lowest BCUT2D eigenvalue weighted by molar-refractivity contribution is 0.271. The third-order valence-electron chi connectivity index (χ3n) is 2.86. The minimum Gasteiger partial charge on any atom is -0.490 e. The highest BCUT2D eigenvalue weighted by Crippen LogP contribution is 2.31. The van der Waals surface area contributed by atoms with Crippen LogP contribution in [0.15, 0.2) is 34.1 Å². The van der Waals surface area contributed by atoms with Crippen molar-refractivity contribution in [2.75, 3.05) is 6.61 Å². The number of hydrogen-bond donors (Lipinski definition) is 1. The number of halogens is 1. The maximum absolute atomic E-state index is 5.88. The quantitative estimate of drug-likeness (QED) is 0.787. The third kappa shape index (κ3) is 5.02. The number of ether oxygens (including phenoxy) is 2. The zero-order valence-electron chi connectivity index (χ0n) is 12.3. The molecule has 1 unspecified atom stereocenters. The molecule has 0 bridgehead atoms. The van der Waals surface area contributed by atoms with E-state index in [-0.39, 0.29) is 6.04 Å². The summed E-state index contributed by atoms with van der Waals surface area (Å²) in [5.41, 5.74) is 7.01. The second kappa shape index (κ2) is 7.82. The van der Waals surface area contributed by atoms with Gasteiger partial charge in [-0.2, -0.15) is 0 Å². The Kier molecular flexibility index (Phi) is 6.08. The summed E-state index contributed by atoms with van der Waals surface area (Å²) < 4.78 is 12.7. The van der Waals surface area contributed by atoms with E-state index >= 15 is 0 Å². The summed E-state index contributed by atoms with van der Waals surface area (Å²) >= 11 is 5.13. The smallest absolute Gasteiger partial charge is 0.161 e. The van der Waals surface area contributed by atoms with Crippen molar-refractivity contribution in [3.05, 3.63) is 44.6 Å². The summed E-state index contributed by atoms with van der Waals surface area (Å²) in [4.78, 5) is 1.17. The Morgan fingerprint density at radius 3 is 2.62 bits per heavy atom. The van der Waals surface area contributed by atoms with E-state index < -0.39 is 0 Å². The molecule has 0 amide bonds. The van der Waals surface area contributed by atoms with Crippen LogP contribution in [0.25, 0.3) is 0 Å². The first kappa shape index (κ1) is 16.3. The Morgan fingerprint density at radius 1 is 1.19 bits per heavy atom. The molecule has 0 spiro atoms. The highest BCUT2D eigenvalue weighted by atomic mass is 79.9. The Balaban J connectivity index is 2.09. The second-order valence-corrected chi connectivity index (χ2v) is 7.44. The van der Waals surface area contributed by atoms with Crippen molar-refractivity contribution in [3.8, 4) is 11.5 Å². The van der Waals surface area contributed by atoms with E-state index in [0.717, 1.165) is 21.7 Å². The van der Waals surface area contributed by atoms with Crippen LogP contribution >= 0.6 is 27.3 Å². The van der Waals surface area contributed by atoms with Gasteiger partial charge < -0.3 is 15.2 Å². The largest absolute Gasteiger partial charge is 0.490 e. The standard InChI is InChI=1S/C16H20BrNO2S/c1-3-19-15-9-12(8-11(2)18)4-6-14(15)20-10-13-5-7-16(17)21-13/h4-7,9,11H,3,8,10,18H2,1-2H3. The molecular weight excluding hydrogens is 350 g/mol. The SMILES string of the molecule is CCOc1cc(CC(C)N)ccc1OCc1ccc(Br)s1. The van der Waals surface area contributed by atoms with E-state index in [1.54, 1.807) is 11.3 Å². The fourth-order valence-corrected chi connectivity index (χ4v) is 3.41. The lowest BCUT2D eigenvalue weighted by atomic mass is 10.1. The molecule has 1 atom stereocenters.